The maximum atomic E-state index is 11.8. The fourth-order valence-corrected chi connectivity index (χ4v) is 3.58. The van der Waals surface area contributed by atoms with Crippen LogP contribution in [0.1, 0.15) is 11.4 Å². The van der Waals surface area contributed by atoms with E-state index in [0.29, 0.717) is 12.2 Å². The molecule has 1 aliphatic heterocycles. The predicted molar refractivity (Wildman–Crippen MR) is 82.2 cm³/mol. The van der Waals surface area contributed by atoms with Gasteiger partial charge >= 0.3 is 0 Å². The summed E-state index contributed by atoms with van der Waals surface area (Å²) < 4.78 is 0.906. The van der Waals surface area contributed by atoms with Gasteiger partial charge in [0, 0.05) is 11.5 Å². The molecule has 0 unspecified atom stereocenters. The van der Waals surface area contributed by atoms with Crippen LogP contribution < -0.4 is 5.32 Å². The number of nitrogens with one attached hydrogen (secondary N) is 1. The van der Waals surface area contributed by atoms with Crippen molar-refractivity contribution >= 4 is 46.1 Å². The van der Waals surface area contributed by atoms with Crippen LogP contribution in [0, 0.1) is 6.92 Å². The maximum Gasteiger partial charge on any atom is 0.230 e. The molecule has 0 fully saturated rings. The van der Waals surface area contributed by atoms with E-state index in [9.17, 15) is 4.79 Å². The Morgan fingerprint density at radius 3 is 3.00 bits per heavy atom. The summed E-state index contributed by atoms with van der Waals surface area (Å²) in [7, 11) is 0. The second kappa shape index (κ2) is 5.72. The van der Waals surface area contributed by atoms with E-state index >= 15 is 0 Å². The van der Waals surface area contributed by atoms with Crippen LogP contribution >= 0.6 is 23.1 Å². The Labute approximate surface area is 124 Å². The van der Waals surface area contributed by atoms with E-state index in [1.54, 1.807) is 23.1 Å². The van der Waals surface area contributed by atoms with Gasteiger partial charge in [0.25, 0.3) is 0 Å². The number of nitrogens with zero attached hydrogens (tertiary/aromatic N) is 3. The summed E-state index contributed by atoms with van der Waals surface area (Å²) in [6.07, 6.45) is 0.319. The van der Waals surface area contributed by atoms with Gasteiger partial charge in [0.1, 0.15) is 5.01 Å². The van der Waals surface area contributed by atoms with Gasteiger partial charge in [0.15, 0.2) is 4.34 Å². The fourth-order valence-electron chi connectivity index (χ4n) is 1.83. The van der Waals surface area contributed by atoms with Crippen LogP contribution in [-0.2, 0) is 4.79 Å². The molecule has 1 aliphatic rings. The van der Waals surface area contributed by atoms with Crippen LogP contribution in [0.2, 0.25) is 0 Å². The number of aryl methyl sites for hydroxylation is 1. The highest BCUT2D eigenvalue weighted by molar-refractivity contribution is 8.01. The second-order valence-electron chi connectivity index (χ2n) is 4.30. The molecule has 102 valence electrons. The minimum atomic E-state index is -0.0252. The van der Waals surface area contributed by atoms with E-state index in [2.05, 4.69) is 20.5 Å². The Hall–Kier alpha value is -1.73. The molecule has 2 heterocycles. The minimum Gasteiger partial charge on any atom is -0.324 e. The number of thioether (sulfide) groups is 1. The number of anilines is 1. The Morgan fingerprint density at radius 2 is 2.20 bits per heavy atom. The van der Waals surface area contributed by atoms with Crippen LogP contribution in [0.3, 0.4) is 0 Å². The third-order valence-electron chi connectivity index (χ3n) is 2.69. The van der Waals surface area contributed by atoms with E-state index in [0.717, 1.165) is 26.4 Å². The first kappa shape index (κ1) is 13.3. The fraction of sp³-hybridized carbons (Fsp3) is 0.231. The van der Waals surface area contributed by atoms with Crippen molar-refractivity contribution < 1.29 is 4.79 Å². The van der Waals surface area contributed by atoms with Crippen molar-refractivity contribution in [1.29, 1.82) is 0 Å². The predicted octanol–water partition coefficient (Wildman–Crippen LogP) is 3.05. The Kier molecular flexibility index (Phi) is 3.79. The van der Waals surface area contributed by atoms with Crippen molar-refractivity contribution in [3.8, 4) is 0 Å². The van der Waals surface area contributed by atoms with Crippen LogP contribution in [0.15, 0.2) is 33.6 Å². The molecule has 5 nitrogen and oxygen atoms in total. The third kappa shape index (κ3) is 3.05. The molecule has 1 aromatic heterocycles. The number of aliphatic imine (C=N–C) groups is 1. The number of carbonyl (C=O) groups excluding carboxylic acids is 1. The van der Waals surface area contributed by atoms with E-state index in [4.69, 9.17) is 0 Å². The average Bonchev–Trinajstić information content (AvgIpc) is 2.76. The number of carbonyl (C=O) groups is 1. The number of amides is 1. The first-order valence-corrected chi connectivity index (χ1v) is 7.89. The molecule has 1 N–H and O–H groups in total. The smallest absolute Gasteiger partial charge is 0.230 e. The number of para-hydroxylation sites is 2. The molecule has 20 heavy (non-hydrogen) atoms. The highest BCUT2D eigenvalue weighted by Crippen LogP contribution is 2.29. The summed E-state index contributed by atoms with van der Waals surface area (Å²) in [6.45, 7) is 1.93. The zero-order valence-electron chi connectivity index (χ0n) is 10.8. The van der Waals surface area contributed by atoms with E-state index in [1.807, 2.05) is 31.2 Å². The molecule has 0 radical (unpaired) electrons. The molecule has 1 aromatic carbocycles. The number of hydrogen-bond acceptors (Lipinski definition) is 6. The van der Waals surface area contributed by atoms with E-state index < -0.39 is 0 Å². The van der Waals surface area contributed by atoms with Gasteiger partial charge in [-0.2, -0.15) is 0 Å². The SMILES string of the molecule is Cc1nnc(SCC2=Nc3ccccc3NC(=O)C2)s1. The number of hydrogen-bond donors (Lipinski definition) is 1. The average molecular weight is 304 g/mol. The van der Waals surface area contributed by atoms with Gasteiger partial charge in [0.2, 0.25) is 5.91 Å². The Morgan fingerprint density at radius 1 is 1.35 bits per heavy atom. The summed E-state index contributed by atoms with van der Waals surface area (Å²) in [5.41, 5.74) is 2.43. The molecule has 0 saturated heterocycles. The molecule has 3 rings (SSSR count). The molecule has 0 aliphatic carbocycles. The second-order valence-corrected chi connectivity index (χ2v) is 6.70. The summed E-state index contributed by atoms with van der Waals surface area (Å²) in [5, 5.41) is 11.9. The molecule has 1 amide bonds. The van der Waals surface area contributed by atoms with Crippen molar-refractivity contribution in [1.82, 2.24) is 10.2 Å². The summed E-state index contributed by atoms with van der Waals surface area (Å²) in [5.74, 6) is 0.624. The molecule has 7 heteroatoms. The van der Waals surface area contributed by atoms with Gasteiger partial charge in [-0.1, -0.05) is 35.2 Å². The molecule has 0 atom stereocenters. The van der Waals surface area contributed by atoms with Gasteiger partial charge in [-0.3, -0.25) is 9.79 Å². The lowest BCUT2D eigenvalue weighted by atomic mass is 10.3. The molecule has 0 bridgehead atoms. The molecule has 0 spiro atoms. The summed E-state index contributed by atoms with van der Waals surface area (Å²) in [4.78, 5) is 16.4. The quantitative estimate of drug-likeness (QED) is 0.885. The first-order valence-electron chi connectivity index (χ1n) is 6.09. The van der Waals surface area contributed by atoms with Gasteiger partial charge in [-0.15, -0.1) is 10.2 Å². The highest BCUT2D eigenvalue weighted by Gasteiger charge is 2.16. The summed E-state index contributed by atoms with van der Waals surface area (Å²) in [6, 6.07) is 7.57. The Bertz CT molecular complexity index is 681. The monoisotopic (exact) mass is 304 g/mol. The molecule has 0 saturated carbocycles. The largest absolute Gasteiger partial charge is 0.324 e. The number of fused-ring (bicyclic) bond motifs is 1. The topological polar surface area (TPSA) is 67.2 Å². The van der Waals surface area contributed by atoms with Gasteiger partial charge in [-0.05, 0) is 19.1 Å². The van der Waals surface area contributed by atoms with Crippen molar-refractivity contribution in [3.63, 3.8) is 0 Å². The van der Waals surface area contributed by atoms with Crippen LogP contribution in [0.4, 0.5) is 11.4 Å². The lowest BCUT2D eigenvalue weighted by molar-refractivity contribution is -0.115. The number of rotatable bonds is 3. The van der Waals surface area contributed by atoms with Crippen molar-refractivity contribution in [2.45, 2.75) is 17.7 Å². The van der Waals surface area contributed by atoms with Crippen molar-refractivity contribution in [3.05, 3.63) is 29.3 Å². The zero-order chi connectivity index (χ0) is 13.9. The summed E-state index contributed by atoms with van der Waals surface area (Å²) >= 11 is 3.12. The standard InChI is InChI=1S/C13H12N4OS2/c1-8-16-17-13(20-8)19-7-9-6-12(18)15-11-5-3-2-4-10(11)14-9/h2-5H,6-7H2,1H3,(H,15,18). The lowest BCUT2D eigenvalue weighted by Gasteiger charge is -2.02. The molecular weight excluding hydrogens is 292 g/mol. The maximum absolute atomic E-state index is 11.8. The number of benzene rings is 1. The number of aromatic nitrogens is 2. The first-order chi connectivity index (χ1) is 9.70. The zero-order valence-corrected chi connectivity index (χ0v) is 12.4. The third-order valence-corrected chi connectivity index (χ3v) is 4.73. The van der Waals surface area contributed by atoms with Gasteiger partial charge < -0.3 is 5.32 Å². The van der Waals surface area contributed by atoms with Gasteiger partial charge in [0.05, 0.1) is 17.8 Å². The van der Waals surface area contributed by atoms with Crippen LogP contribution in [0.25, 0.3) is 0 Å². The van der Waals surface area contributed by atoms with E-state index in [1.165, 1.54) is 0 Å². The Balaban J connectivity index is 1.78. The van der Waals surface area contributed by atoms with Crippen LogP contribution in [-0.4, -0.2) is 27.6 Å². The van der Waals surface area contributed by atoms with Crippen molar-refractivity contribution in [2.75, 3.05) is 11.1 Å². The van der Waals surface area contributed by atoms with E-state index in [-0.39, 0.29) is 5.91 Å². The highest BCUT2D eigenvalue weighted by atomic mass is 32.2. The van der Waals surface area contributed by atoms with Crippen molar-refractivity contribution in [2.24, 2.45) is 4.99 Å². The van der Waals surface area contributed by atoms with Crippen LogP contribution in [0.5, 0.6) is 0 Å². The molecular formula is C13H12N4OS2. The molecule has 2 aromatic rings. The lowest BCUT2D eigenvalue weighted by Crippen LogP contribution is -2.15. The normalized spacial score (nSPS) is 14.2. The van der Waals surface area contributed by atoms with Gasteiger partial charge in [-0.25, -0.2) is 0 Å². The minimum absolute atomic E-state index is 0.0252.